The standard InChI is InChI=1S/C12H9ClN2O/c13-9-4-1-2-5-10(9)15-11(8-14)12-6-3-7-16-12/h1-7,11,15H. The summed E-state index contributed by atoms with van der Waals surface area (Å²) in [6, 6.07) is 12.3. The van der Waals surface area contributed by atoms with E-state index in [-0.39, 0.29) is 0 Å². The van der Waals surface area contributed by atoms with Crippen molar-refractivity contribution in [1.29, 1.82) is 5.26 Å². The van der Waals surface area contributed by atoms with Crippen LogP contribution in [0.5, 0.6) is 0 Å². The van der Waals surface area contributed by atoms with Gasteiger partial charge in [-0.3, -0.25) is 0 Å². The summed E-state index contributed by atoms with van der Waals surface area (Å²) in [5.41, 5.74) is 0.715. The van der Waals surface area contributed by atoms with E-state index in [1.54, 1.807) is 18.2 Å². The third-order valence-electron chi connectivity index (χ3n) is 2.13. The van der Waals surface area contributed by atoms with Crippen molar-refractivity contribution in [3.8, 4) is 6.07 Å². The topological polar surface area (TPSA) is 49.0 Å². The Labute approximate surface area is 98.3 Å². The molecular weight excluding hydrogens is 224 g/mol. The predicted octanol–water partition coefficient (Wildman–Crippen LogP) is 3.61. The van der Waals surface area contributed by atoms with Gasteiger partial charge in [0, 0.05) is 0 Å². The van der Waals surface area contributed by atoms with Crippen molar-refractivity contribution in [3.63, 3.8) is 0 Å². The molecule has 2 rings (SSSR count). The molecule has 3 nitrogen and oxygen atoms in total. The third-order valence-corrected chi connectivity index (χ3v) is 2.46. The van der Waals surface area contributed by atoms with Gasteiger partial charge in [0.05, 0.1) is 23.0 Å². The van der Waals surface area contributed by atoms with Gasteiger partial charge in [-0.1, -0.05) is 23.7 Å². The fourth-order valence-corrected chi connectivity index (χ4v) is 1.55. The van der Waals surface area contributed by atoms with Crippen LogP contribution in [0.3, 0.4) is 0 Å². The Balaban J connectivity index is 2.21. The van der Waals surface area contributed by atoms with E-state index in [0.717, 1.165) is 0 Å². The summed E-state index contributed by atoms with van der Waals surface area (Å²) >= 11 is 5.98. The quantitative estimate of drug-likeness (QED) is 0.880. The normalized spacial score (nSPS) is 11.8. The molecule has 0 aliphatic rings. The molecule has 0 fully saturated rings. The lowest BCUT2D eigenvalue weighted by atomic mass is 10.2. The number of halogens is 1. The minimum atomic E-state index is -0.533. The zero-order valence-corrected chi connectivity index (χ0v) is 9.11. The number of anilines is 1. The van der Waals surface area contributed by atoms with Gasteiger partial charge in [0.25, 0.3) is 0 Å². The first-order chi connectivity index (χ1) is 7.81. The van der Waals surface area contributed by atoms with Crippen molar-refractivity contribution >= 4 is 17.3 Å². The van der Waals surface area contributed by atoms with E-state index < -0.39 is 6.04 Å². The lowest BCUT2D eigenvalue weighted by Crippen LogP contribution is -2.07. The van der Waals surface area contributed by atoms with Crippen LogP contribution in [0, 0.1) is 11.3 Å². The molecule has 0 saturated carbocycles. The molecule has 16 heavy (non-hydrogen) atoms. The second kappa shape index (κ2) is 4.73. The average Bonchev–Trinajstić information content (AvgIpc) is 2.81. The number of hydrogen-bond acceptors (Lipinski definition) is 3. The van der Waals surface area contributed by atoms with Crippen LogP contribution in [0.2, 0.25) is 5.02 Å². The molecule has 0 saturated heterocycles. The fourth-order valence-electron chi connectivity index (χ4n) is 1.36. The number of nitriles is 1. The highest BCUT2D eigenvalue weighted by molar-refractivity contribution is 6.33. The van der Waals surface area contributed by atoms with Gasteiger partial charge in [-0.25, -0.2) is 0 Å². The number of furan rings is 1. The summed E-state index contributed by atoms with van der Waals surface area (Å²) in [6.07, 6.45) is 1.54. The average molecular weight is 233 g/mol. The Morgan fingerprint density at radius 1 is 1.25 bits per heavy atom. The van der Waals surface area contributed by atoms with Gasteiger partial charge in [0.2, 0.25) is 0 Å². The van der Waals surface area contributed by atoms with Gasteiger partial charge in [0.1, 0.15) is 5.76 Å². The lowest BCUT2D eigenvalue weighted by molar-refractivity contribution is 0.505. The van der Waals surface area contributed by atoms with Gasteiger partial charge in [-0.05, 0) is 24.3 Å². The molecule has 0 aliphatic carbocycles. The summed E-state index contributed by atoms with van der Waals surface area (Å²) in [5, 5.41) is 12.6. The smallest absolute Gasteiger partial charge is 0.173 e. The van der Waals surface area contributed by atoms with E-state index in [1.807, 2.05) is 18.2 Å². The van der Waals surface area contributed by atoms with E-state index in [2.05, 4.69) is 11.4 Å². The first kappa shape index (κ1) is 10.6. The molecule has 2 aromatic rings. The molecule has 1 unspecified atom stereocenters. The summed E-state index contributed by atoms with van der Waals surface area (Å²) in [7, 11) is 0. The summed E-state index contributed by atoms with van der Waals surface area (Å²) in [4.78, 5) is 0. The molecule has 0 bridgehead atoms. The van der Waals surface area contributed by atoms with Crippen LogP contribution in [0.25, 0.3) is 0 Å². The molecule has 0 radical (unpaired) electrons. The molecule has 4 heteroatoms. The largest absolute Gasteiger partial charge is 0.466 e. The Bertz CT molecular complexity index is 502. The van der Waals surface area contributed by atoms with Gasteiger partial charge in [0.15, 0.2) is 6.04 Å². The number of para-hydroxylation sites is 1. The molecule has 80 valence electrons. The Kier molecular flexibility index (Phi) is 3.13. The molecule has 0 spiro atoms. The van der Waals surface area contributed by atoms with Gasteiger partial charge in [-0.15, -0.1) is 0 Å². The van der Waals surface area contributed by atoms with Crippen LogP contribution in [-0.2, 0) is 0 Å². The molecule has 1 atom stereocenters. The molecular formula is C12H9ClN2O. The van der Waals surface area contributed by atoms with Crippen LogP contribution in [0.15, 0.2) is 47.1 Å². The number of rotatable bonds is 3. The molecule has 1 aromatic carbocycles. The van der Waals surface area contributed by atoms with E-state index in [9.17, 15) is 0 Å². The first-order valence-corrected chi connectivity index (χ1v) is 5.13. The van der Waals surface area contributed by atoms with Gasteiger partial charge >= 0.3 is 0 Å². The Hall–Kier alpha value is -1.92. The van der Waals surface area contributed by atoms with Crippen molar-refractivity contribution in [1.82, 2.24) is 0 Å². The molecule has 1 N–H and O–H groups in total. The minimum absolute atomic E-state index is 0.533. The maximum atomic E-state index is 9.03. The van der Waals surface area contributed by atoms with Crippen LogP contribution in [-0.4, -0.2) is 0 Å². The minimum Gasteiger partial charge on any atom is -0.466 e. The number of nitrogens with zero attached hydrogens (tertiary/aromatic N) is 1. The predicted molar refractivity (Wildman–Crippen MR) is 62.1 cm³/mol. The number of hydrogen-bond donors (Lipinski definition) is 1. The highest BCUT2D eigenvalue weighted by atomic mass is 35.5. The summed E-state index contributed by atoms with van der Waals surface area (Å²) in [6.45, 7) is 0. The monoisotopic (exact) mass is 232 g/mol. The second-order valence-electron chi connectivity index (χ2n) is 3.20. The van der Waals surface area contributed by atoms with Crippen LogP contribution in [0.1, 0.15) is 11.8 Å². The molecule has 1 aromatic heterocycles. The van der Waals surface area contributed by atoms with Crippen molar-refractivity contribution in [2.24, 2.45) is 0 Å². The van der Waals surface area contributed by atoms with E-state index in [0.29, 0.717) is 16.5 Å². The maximum absolute atomic E-state index is 9.03. The maximum Gasteiger partial charge on any atom is 0.173 e. The number of nitrogens with one attached hydrogen (secondary N) is 1. The lowest BCUT2D eigenvalue weighted by Gasteiger charge is -2.11. The van der Waals surface area contributed by atoms with Crippen molar-refractivity contribution < 1.29 is 4.42 Å². The summed E-state index contributed by atoms with van der Waals surface area (Å²) < 4.78 is 5.17. The molecule has 0 amide bonds. The van der Waals surface area contributed by atoms with Crippen molar-refractivity contribution in [3.05, 3.63) is 53.4 Å². The van der Waals surface area contributed by atoms with E-state index in [1.165, 1.54) is 6.26 Å². The highest BCUT2D eigenvalue weighted by Crippen LogP contribution is 2.25. The highest BCUT2D eigenvalue weighted by Gasteiger charge is 2.13. The van der Waals surface area contributed by atoms with Crippen LogP contribution < -0.4 is 5.32 Å². The van der Waals surface area contributed by atoms with Gasteiger partial charge in [-0.2, -0.15) is 5.26 Å². The Morgan fingerprint density at radius 2 is 2.06 bits per heavy atom. The zero-order valence-electron chi connectivity index (χ0n) is 8.35. The SMILES string of the molecule is N#CC(Nc1ccccc1Cl)c1ccco1. The second-order valence-corrected chi connectivity index (χ2v) is 3.61. The number of benzene rings is 1. The van der Waals surface area contributed by atoms with Crippen molar-refractivity contribution in [2.45, 2.75) is 6.04 Å². The van der Waals surface area contributed by atoms with Crippen LogP contribution in [0.4, 0.5) is 5.69 Å². The van der Waals surface area contributed by atoms with E-state index >= 15 is 0 Å². The van der Waals surface area contributed by atoms with Gasteiger partial charge < -0.3 is 9.73 Å². The molecule has 1 heterocycles. The fraction of sp³-hybridized carbons (Fsp3) is 0.0833. The first-order valence-electron chi connectivity index (χ1n) is 4.75. The molecule has 0 aliphatic heterocycles. The Morgan fingerprint density at radius 3 is 2.69 bits per heavy atom. The zero-order chi connectivity index (χ0) is 11.4. The van der Waals surface area contributed by atoms with E-state index in [4.69, 9.17) is 21.3 Å². The summed E-state index contributed by atoms with van der Waals surface area (Å²) in [5.74, 6) is 0.572. The third kappa shape index (κ3) is 2.18. The van der Waals surface area contributed by atoms with Crippen molar-refractivity contribution in [2.75, 3.05) is 5.32 Å². The van der Waals surface area contributed by atoms with Crippen LogP contribution >= 0.6 is 11.6 Å².